The second kappa shape index (κ2) is 11.3. The van der Waals surface area contributed by atoms with Gasteiger partial charge in [-0.3, -0.25) is 14.5 Å². The molecule has 3 unspecified atom stereocenters. The molecule has 2 aromatic heterocycles. The molecule has 4 heterocycles. The molecule has 1 amide bonds. The minimum absolute atomic E-state index is 0. The van der Waals surface area contributed by atoms with Crippen LogP contribution in [0, 0.1) is 0 Å². The summed E-state index contributed by atoms with van der Waals surface area (Å²) in [5, 5.41) is 7.93. The van der Waals surface area contributed by atoms with E-state index in [2.05, 4.69) is 20.3 Å². The lowest BCUT2D eigenvalue weighted by Crippen LogP contribution is -2.71. The summed E-state index contributed by atoms with van der Waals surface area (Å²) in [5.41, 5.74) is 7.35. The smallest absolute Gasteiger partial charge is 0.282 e. The summed E-state index contributed by atoms with van der Waals surface area (Å²) in [6, 6.07) is 11.3. The molecule has 3 atom stereocenters. The number of halogens is 1. The number of nitrogens with one attached hydrogen (secondary N) is 1. The average molecular weight is 559 g/mol. The lowest BCUT2D eigenvalue weighted by molar-refractivity contribution is -0.119. The Morgan fingerprint density at radius 1 is 1.26 bits per heavy atom. The number of carbonyl (C=O) groups is 2. The van der Waals surface area contributed by atoms with Gasteiger partial charge in [-0.15, -0.1) is 30.1 Å². The summed E-state index contributed by atoms with van der Waals surface area (Å²) in [6.07, 6.45) is 2.10. The van der Waals surface area contributed by atoms with Gasteiger partial charge in [0.05, 0.1) is 13.2 Å². The van der Waals surface area contributed by atoms with Crippen LogP contribution < -0.4 is 20.7 Å². The van der Waals surface area contributed by atoms with Gasteiger partial charge < -0.3 is 20.7 Å². The van der Waals surface area contributed by atoms with E-state index in [-0.39, 0.29) is 24.3 Å². The first-order chi connectivity index (χ1) is 17.9. The maximum atomic E-state index is 14.2. The van der Waals surface area contributed by atoms with Crippen LogP contribution in [-0.4, -0.2) is 80.7 Å². The SMILES string of the molecule is CCC1N(C(C(N)=O)c2ccccc2)c2nc(-c3ccnc(OC)c3)nn2C(=O)C1(S)N1CCNCC1.Cl. The molecule has 1 aromatic carbocycles. The molecule has 38 heavy (non-hydrogen) atoms. The number of nitrogens with two attached hydrogens (primary N) is 1. The molecule has 0 spiro atoms. The highest BCUT2D eigenvalue weighted by Crippen LogP contribution is 2.43. The minimum Gasteiger partial charge on any atom is -0.481 e. The number of ether oxygens (including phenoxy) is 1. The van der Waals surface area contributed by atoms with Crippen LogP contribution in [0.1, 0.15) is 29.7 Å². The van der Waals surface area contributed by atoms with Gasteiger partial charge in [0, 0.05) is 44.0 Å². The monoisotopic (exact) mass is 558 g/mol. The van der Waals surface area contributed by atoms with Crippen LogP contribution in [0.25, 0.3) is 11.4 Å². The second-order valence-electron chi connectivity index (χ2n) is 9.05. The average Bonchev–Trinajstić information content (AvgIpc) is 3.38. The quantitative estimate of drug-likeness (QED) is 0.371. The van der Waals surface area contributed by atoms with E-state index in [0.717, 1.165) is 13.1 Å². The third kappa shape index (κ3) is 4.62. The van der Waals surface area contributed by atoms with E-state index in [1.165, 1.54) is 11.8 Å². The fourth-order valence-corrected chi connectivity index (χ4v) is 5.85. The Hall–Kier alpha value is -3.19. The standard InChI is InChI=1S/C25H30N8O3S.ClH/c1-3-18-25(37,31-13-11-27-12-14-31)23(35)33-24(29-22(30-33)17-9-10-28-19(15-17)36-2)32(18)20(21(26)34)16-7-5-4-6-8-16;/h4-10,15,18,20,27,37H,3,11-14H2,1-2H3,(H2,26,34);1H. The first kappa shape index (κ1) is 27.8. The number of aromatic nitrogens is 4. The van der Waals surface area contributed by atoms with Gasteiger partial charge in [-0.2, -0.15) is 9.67 Å². The zero-order chi connectivity index (χ0) is 26.2. The van der Waals surface area contributed by atoms with Crippen LogP contribution >= 0.6 is 25.0 Å². The minimum atomic E-state index is -1.27. The number of benzene rings is 1. The zero-order valence-electron chi connectivity index (χ0n) is 21.1. The zero-order valence-corrected chi connectivity index (χ0v) is 22.9. The third-order valence-electron chi connectivity index (χ3n) is 6.98. The molecule has 0 saturated carbocycles. The molecule has 5 rings (SSSR count). The highest BCUT2D eigenvalue weighted by molar-refractivity contribution is 7.82. The fraction of sp³-hybridized carbons (Fsp3) is 0.400. The molecule has 13 heteroatoms. The predicted octanol–water partition coefficient (Wildman–Crippen LogP) is 1.77. The van der Waals surface area contributed by atoms with Gasteiger partial charge >= 0.3 is 0 Å². The van der Waals surface area contributed by atoms with Gasteiger partial charge in [0.2, 0.25) is 17.7 Å². The first-order valence-electron chi connectivity index (χ1n) is 12.2. The number of pyridine rings is 1. The van der Waals surface area contributed by atoms with Crippen molar-refractivity contribution in [2.75, 3.05) is 38.2 Å². The maximum absolute atomic E-state index is 14.2. The van der Waals surface area contributed by atoms with Crippen molar-refractivity contribution >= 4 is 42.8 Å². The number of nitrogens with zero attached hydrogens (tertiary/aromatic N) is 6. The molecule has 1 fully saturated rings. The molecule has 11 nitrogen and oxygen atoms in total. The molecule has 0 radical (unpaired) electrons. The summed E-state index contributed by atoms with van der Waals surface area (Å²) in [5.74, 6) is 0.0697. The van der Waals surface area contributed by atoms with Gasteiger partial charge in [-0.1, -0.05) is 37.3 Å². The number of anilines is 1. The molecular formula is C25H31ClN8O3S. The van der Waals surface area contributed by atoms with Crippen LogP contribution in [0.3, 0.4) is 0 Å². The summed E-state index contributed by atoms with van der Waals surface area (Å²) < 4.78 is 6.52. The van der Waals surface area contributed by atoms with Crippen LogP contribution in [-0.2, 0) is 4.79 Å². The number of hydrogen-bond acceptors (Lipinski definition) is 10. The van der Waals surface area contributed by atoms with E-state index in [1.807, 2.05) is 42.2 Å². The Kier molecular flexibility index (Phi) is 8.26. The summed E-state index contributed by atoms with van der Waals surface area (Å²) in [4.78, 5) is 38.8. The number of amides is 1. The molecule has 202 valence electrons. The first-order valence-corrected chi connectivity index (χ1v) is 12.7. The third-order valence-corrected chi connectivity index (χ3v) is 7.75. The molecule has 3 N–H and O–H groups in total. The van der Waals surface area contributed by atoms with E-state index in [0.29, 0.717) is 42.3 Å². The highest BCUT2D eigenvalue weighted by Gasteiger charge is 2.57. The fourth-order valence-electron chi connectivity index (χ4n) is 5.25. The van der Waals surface area contributed by atoms with Crippen molar-refractivity contribution in [2.45, 2.75) is 30.3 Å². The van der Waals surface area contributed by atoms with E-state index in [4.69, 9.17) is 28.1 Å². The van der Waals surface area contributed by atoms with Crippen molar-refractivity contribution in [1.82, 2.24) is 30.0 Å². The number of methoxy groups -OCH3 is 1. The Bertz CT molecular complexity index is 1300. The molecule has 3 aromatic rings. The van der Waals surface area contributed by atoms with Gasteiger partial charge in [-0.25, -0.2) is 4.98 Å². The van der Waals surface area contributed by atoms with Crippen molar-refractivity contribution in [3.05, 3.63) is 54.2 Å². The molecular weight excluding hydrogens is 528 g/mol. The van der Waals surface area contributed by atoms with Gasteiger partial charge in [0.15, 0.2) is 10.7 Å². The number of primary amides is 1. The van der Waals surface area contributed by atoms with Crippen LogP contribution in [0.2, 0.25) is 0 Å². The Labute approximate surface area is 232 Å². The van der Waals surface area contributed by atoms with Crippen molar-refractivity contribution in [3.8, 4) is 17.3 Å². The van der Waals surface area contributed by atoms with Gasteiger partial charge in [0.25, 0.3) is 5.91 Å². The summed E-state index contributed by atoms with van der Waals surface area (Å²) in [7, 11) is 1.52. The number of piperazine rings is 1. The predicted molar refractivity (Wildman–Crippen MR) is 149 cm³/mol. The normalized spacial score (nSPS) is 22.3. The molecule has 2 aliphatic heterocycles. The lowest BCUT2D eigenvalue weighted by Gasteiger charge is -2.52. The van der Waals surface area contributed by atoms with Crippen molar-refractivity contribution in [2.24, 2.45) is 5.73 Å². The van der Waals surface area contributed by atoms with E-state index in [1.54, 1.807) is 18.3 Å². The Morgan fingerprint density at radius 3 is 2.61 bits per heavy atom. The largest absolute Gasteiger partial charge is 0.481 e. The molecule has 1 saturated heterocycles. The van der Waals surface area contributed by atoms with E-state index < -0.39 is 22.9 Å². The van der Waals surface area contributed by atoms with Gasteiger partial charge in [0.1, 0.15) is 6.04 Å². The van der Waals surface area contributed by atoms with Crippen molar-refractivity contribution in [3.63, 3.8) is 0 Å². The van der Waals surface area contributed by atoms with E-state index in [9.17, 15) is 9.59 Å². The maximum Gasteiger partial charge on any atom is 0.282 e. The van der Waals surface area contributed by atoms with Crippen molar-refractivity contribution in [1.29, 1.82) is 0 Å². The van der Waals surface area contributed by atoms with Crippen molar-refractivity contribution < 1.29 is 14.3 Å². The number of rotatable bonds is 7. The molecule has 0 bridgehead atoms. The van der Waals surface area contributed by atoms with Gasteiger partial charge in [-0.05, 0) is 18.1 Å². The lowest BCUT2D eigenvalue weighted by atomic mass is 9.93. The number of fused-ring (bicyclic) bond motifs is 1. The second-order valence-corrected chi connectivity index (χ2v) is 9.73. The van der Waals surface area contributed by atoms with Crippen LogP contribution in [0.15, 0.2) is 48.7 Å². The molecule has 0 aliphatic carbocycles. The summed E-state index contributed by atoms with van der Waals surface area (Å²) in [6.45, 7) is 4.64. The van der Waals surface area contributed by atoms with E-state index >= 15 is 0 Å². The summed E-state index contributed by atoms with van der Waals surface area (Å²) >= 11 is 5.09. The number of thiol groups is 1. The van der Waals surface area contributed by atoms with Crippen LogP contribution in [0.5, 0.6) is 5.88 Å². The topological polar surface area (TPSA) is 131 Å². The number of carbonyl (C=O) groups excluding carboxylic acids is 2. The van der Waals surface area contributed by atoms with Crippen LogP contribution in [0.4, 0.5) is 5.95 Å². The highest BCUT2D eigenvalue weighted by atomic mass is 35.5. The number of hydrogen-bond donors (Lipinski definition) is 3. The Morgan fingerprint density at radius 2 is 1.97 bits per heavy atom. The molecule has 2 aliphatic rings. The Balaban J connectivity index is 0.00000336.